The molecule has 0 saturated carbocycles. The van der Waals surface area contributed by atoms with E-state index in [-0.39, 0.29) is 5.41 Å². The Balaban J connectivity index is 2.08. The molecule has 0 radical (unpaired) electrons. The topological polar surface area (TPSA) is 27.1 Å². The normalized spacial score (nSPS) is 14.2. The Labute approximate surface area is 120 Å². The van der Waals surface area contributed by atoms with Gasteiger partial charge in [-0.3, -0.25) is 4.68 Å². The zero-order valence-electron chi connectivity index (χ0n) is 12.5. The first-order valence-electron chi connectivity index (χ1n) is 7.42. The molecule has 2 aromatic rings. The molecule has 0 atom stereocenters. The summed E-state index contributed by atoms with van der Waals surface area (Å²) in [6.07, 6.45) is 2.33. The number of benzene rings is 1. The average Bonchev–Trinajstić information content (AvgIpc) is 2.77. The highest BCUT2D eigenvalue weighted by Crippen LogP contribution is 2.36. The molecule has 0 fully saturated rings. The minimum Gasteiger partial charge on any atom is -0.491 e. The first-order valence-corrected chi connectivity index (χ1v) is 7.42. The number of rotatable bonds is 3. The van der Waals surface area contributed by atoms with E-state index in [1.807, 2.05) is 12.1 Å². The molecule has 3 heteroatoms. The maximum atomic E-state index is 5.80. The fraction of sp³-hybridized carbons (Fsp3) is 0.471. The van der Waals surface area contributed by atoms with Crippen molar-refractivity contribution in [3.05, 3.63) is 36.0 Å². The SMILES string of the molecule is CCCC(C)(C)c1cc2n(n1)CCOc1ccccc1-2. The smallest absolute Gasteiger partial charge is 0.128 e. The molecule has 0 saturated heterocycles. The summed E-state index contributed by atoms with van der Waals surface area (Å²) in [4.78, 5) is 0. The molecule has 1 aromatic heterocycles. The van der Waals surface area contributed by atoms with Crippen LogP contribution >= 0.6 is 0 Å². The van der Waals surface area contributed by atoms with Crippen molar-refractivity contribution in [3.8, 4) is 17.0 Å². The number of aromatic nitrogens is 2. The fourth-order valence-electron chi connectivity index (χ4n) is 2.93. The van der Waals surface area contributed by atoms with Crippen LogP contribution in [0.2, 0.25) is 0 Å². The van der Waals surface area contributed by atoms with Crippen molar-refractivity contribution in [2.75, 3.05) is 6.61 Å². The van der Waals surface area contributed by atoms with Crippen molar-refractivity contribution in [1.29, 1.82) is 0 Å². The second-order valence-electron chi connectivity index (χ2n) is 6.12. The highest BCUT2D eigenvalue weighted by molar-refractivity contribution is 5.68. The van der Waals surface area contributed by atoms with Crippen molar-refractivity contribution in [3.63, 3.8) is 0 Å². The molecule has 1 aliphatic rings. The lowest BCUT2D eigenvalue weighted by Gasteiger charge is -2.21. The average molecular weight is 270 g/mol. The lowest BCUT2D eigenvalue weighted by atomic mass is 9.84. The van der Waals surface area contributed by atoms with Crippen LogP contribution in [0, 0.1) is 0 Å². The van der Waals surface area contributed by atoms with Crippen LogP contribution in [0.3, 0.4) is 0 Å². The fourth-order valence-corrected chi connectivity index (χ4v) is 2.93. The highest BCUT2D eigenvalue weighted by atomic mass is 16.5. The molecular formula is C17H22N2O. The lowest BCUT2D eigenvalue weighted by Crippen LogP contribution is -2.18. The molecule has 20 heavy (non-hydrogen) atoms. The molecule has 1 aliphatic heterocycles. The third-order valence-corrected chi connectivity index (χ3v) is 4.07. The van der Waals surface area contributed by atoms with Crippen molar-refractivity contribution in [2.45, 2.75) is 45.6 Å². The van der Waals surface area contributed by atoms with Gasteiger partial charge in [0.05, 0.1) is 17.9 Å². The Morgan fingerprint density at radius 1 is 1.30 bits per heavy atom. The minimum absolute atomic E-state index is 0.129. The van der Waals surface area contributed by atoms with Crippen LogP contribution in [0.25, 0.3) is 11.3 Å². The number of hydrogen-bond acceptors (Lipinski definition) is 2. The van der Waals surface area contributed by atoms with Crippen LogP contribution in [0.5, 0.6) is 5.75 Å². The third-order valence-electron chi connectivity index (χ3n) is 4.07. The summed E-state index contributed by atoms with van der Waals surface area (Å²) in [6, 6.07) is 10.5. The Bertz CT molecular complexity index is 613. The Morgan fingerprint density at radius 3 is 2.90 bits per heavy atom. The maximum Gasteiger partial charge on any atom is 0.128 e. The summed E-state index contributed by atoms with van der Waals surface area (Å²) in [5.74, 6) is 0.964. The summed E-state index contributed by atoms with van der Waals surface area (Å²) in [7, 11) is 0. The van der Waals surface area contributed by atoms with Gasteiger partial charge in [0.15, 0.2) is 0 Å². The van der Waals surface area contributed by atoms with Crippen LogP contribution in [-0.4, -0.2) is 16.4 Å². The molecular weight excluding hydrogens is 248 g/mol. The van der Waals surface area contributed by atoms with E-state index in [1.54, 1.807) is 0 Å². The van der Waals surface area contributed by atoms with Gasteiger partial charge in [0.1, 0.15) is 12.4 Å². The molecule has 3 rings (SSSR count). The molecule has 106 valence electrons. The van der Waals surface area contributed by atoms with E-state index in [1.165, 1.54) is 17.8 Å². The number of para-hydroxylation sites is 1. The van der Waals surface area contributed by atoms with Crippen molar-refractivity contribution in [2.24, 2.45) is 0 Å². The van der Waals surface area contributed by atoms with Crippen LogP contribution in [0.15, 0.2) is 30.3 Å². The second kappa shape index (κ2) is 4.97. The van der Waals surface area contributed by atoms with Crippen molar-refractivity contribution < 1.29 is 4.74 Å². The third kappa shape index (κ3) is 2.21. The van der Waals surface area contributed by atoms with Gasteiger partial charge in [-0.2, -0.15) is 5.10 Å². The summed E-state index contributed by atoms with van der Waals surface area (Å²) in [5.41, 5.74) is 3.64. The van der Waals surface area contributed by atoms with E-state index in [9.17, 15) is 0 Å². The summed E-state index contributed by atoms with van der Waals surface area (Å²) in [5, 5.41) is 4.84. The van der Waals surface area contributed by atoms with Gasteiger partial charge in [0.2, 0.25) is 0 Å². The molecule has 0 amide bonds. The summed E-state index contributed by atoms with van der Waals surface area (Å²) < 4.78 is 7.90. The standard InChI is InChI=1S/C17H22N2O/c1-4-9-17(2,3)16-12-14-13-7-5-6-8-15(13)20-11-10-19(14)18-16/h5-8,12H,4,9-11H2,1-3H3. The van der Waals surface area contributed by atoms with Crippen molar-refractivity contribution >= 4 is 0 Å². The Morgan fingerprint density at radius 2 is 2.10 bits per heavy atom. The molecule has 2 heterocycles. The molecule has 0 spiro atoms. The van der Waals surface area contributed by atoms with Gasteiger partial charge in [0, 0.05) is 11.0 Å². The molecule has 0 bridgehead atoms. The zero-order valence-corrected chi connectivity index (χ0v) is 12.5. The van der Waals surface area contributed by atoms with Crippen LogP contribution in [-0.2, 0) is 12.0 Å². The maximum absolute atomic E-state index is 5.80. The number of nitrogens with zero attached hydrogens (tertiary/aromatic N) is 2. The lowest BCUT2D eigenvalue weighted by molar-refractivity contribution is 0.298. The number of ether oxygens (including phenoxy) is 1. The highest BCUT2D eigenvalue weighted by Gasteiger charge is 2.26. The monoisotopic (exact) mass is 270 g/mol. The van der Waals surface area contributed by atoms with Gasteiger partial charge in [0.25, 0.3) is 0 Å². The van der Waals surface area contributed by atoms with Gasteiger partial charge in [-0.05, 0) is 24.6 Å². The van der Waals surface area contributed by atoms with Gasteiger partial charge >= 0.3 is 0 Å². The van der Waals surface area contributed by atoms with E-state index in [4.69, 9.17) is 9.84 Å². The van der Waals surface area contributed by atoms with Crippen LogP contribution in [0.4, 0.5) is 0 Å². The molecule has 0 aliphatic carbocycles. The number of fused-ring (bicyclic) bond motifs is 3. The minimum atomic E-state index is 0.129. The predicted octanol–water partition coefficient (Wildman–Crippen LogP) is 4.02. The summed E-state index contributed by atoms with van der Waals surface area (Å²) >= 11 is 0. The van der Waals surface area contributed by atoms with Gasteiger partial charge in [-0.15, -0.1) is 0 Å². The molecule has 3 nitrogen and oxygen atoms in total. The molecule has 1 aromatic carbocycles. The van der Waals surface area contributed by atoms with Crippen molar-refractivity contribution in [1.82, 2.24) is 9.78 Å². The Hall–Kier alpha value is -1.77. The van der Waals surface area contributed by atoms with E-state index < -0.39 is 0 Å². The van der Waals surface area contributed by atoms with Crippen LogP contribution in [0.1, 0.15) is 39.3 Å². The summed E-state index contributed by atoms with van der Waals surface area (Å²) in [6.45, 7) is 8.28. The number of hydrogen-bond donors (Lipinski definition) is 0. The van der Waals surface area contributed by atoms with Gasteiger partial charge < -0.3 is 4.74 Å². The zero-order chi connectivity index (χ0) is 14.2. The molecule has 0 N–H and O–H groups in total. The predicted molar refractivity (Wildman–Crippen MR) is 81.1 cm³/mol. The largest absolute Gasteiger partial charge is 0.491 e. The molecule has 0 unspecified atom stereocenters. The second-order valence-corrected chi connectivity index (χ2v) is 6.12. The quantitative estimate of drug-likeness (QED) is 0.842. The van der Waals surface area contributed by atoms with Gasteiger partial charge in [-0.1, -0.05) is 39.3 Å². The van der Waals surface area contributed by atoms with Crippen LogP contribution < -0.4 is 4.74 Å². The van der Waals surface area contributed by atoms with E-state index in [0.717, 1.165) is 24.3 Å². The first kappa shape index (κ1) is 13.2. The van der Waals surface area contributed by atoms with Gasteiger partial charge in [-0.25, -0.2) is 0 Å². The first-order chi connectivity index (χ1) is 9.62. The van der Waals surface area contributed by atoms with E-state index in [0.29, 0.717) is 6.61 Å². The Kier molecular flexibility index (Phi) is 3.28. The van der Waals surface area contributed by atoms with E-state index >= 15 is 0 Å². The van der Waals surface area contributed by atoms with E-state index in [2.05, 4.69) is 43.7 Å².